The summed E-state index contributed by atoms with van der Waals surface area (Å²) in [4.78, 5) is 24.7. The average molecular weight is 391 g/mol. The van der Waals surface area contributed by atoms with Crippen molar-refractivity contribution >= 4 is 23.4 Å². The topological polar surface area (TPSA) is 67.4 Å². The zero-order valence-electron chi connectivity index (χ0n) is 15.7. The van der Waals surface area contributed by atoms with Crippen LogP contribution in [0.1, 0.15) is 51.9 Å². The summed E-state index contributed by atoms with van der Waals surface area (Å²) >= 11 is 5.92. The number of benzene rings is 1. The molecule has 5 rings (SSSR count). The Balaban J connectivity index is 1.26. The van der Waals surface area contributed by atoms with Crippen molar-refractivity contribution in [3.63, 3.8) is 0 Å². The molecule has 0 aliphatic heterocycles. The van der Waals surface area contributed by atoms with E-state index in [-0.39, 0.29) is 17.2 Å². The van der Waals surface area contributed by atoms with Gasteiger partial charge in [-0.3, -0.25) is 20.4 Å². The second kappa shape index (κ2) is 7.34. The molecule has 0 radical (unpaired) electrons. The molecule has 146 valence electrons. The predicted octanol–water partition coefficient (Wildman–Crippen LogP) is 3.86. The lowest BCUT2D eigenvalue weighted by Crippen LogP contribution is -2.51. The zero-order valence-corrected chi connectivity index (χ0v) is 16.4. The first-order valence-corrected chi connectivity index (χ1v) is 10.3. The number of halogens is 1. The second-order valence-corrected chi connectivity index (χ2v) is 9.29. The standard InChI is InChI=1S/C21H27ClN2O3/c1-13(27-18-4-2-3-17(22)8-18)20(26)24-23-19(25)12-21-9-14-5-15(10-21)7-16(6-14)11-21/h2-4,8,13-16H,5-7,9-12H2,1H3,(H,23,25)(H,24,26). The molecule has 0 heterocycles. The molecule has 5 nitrogen and oxygen atoms in total. The van der Waals surface area contributed by atoms with Gasteiger partial charge >= 0.3 is 0 Å². The van der Waals surface area contributed by atoms with Crippen molar-refractivity contribution in [3.8, 4) is 5.75 Å². The van der Waals surface area contributed by atoms with E-state index in [2.05, 4.69) is 10.9 Å². The second-order valence-electron chi connectivity index (χ2n) is 8.85. The third-order valence-electron chi connectivity index (χ3n) is 6.50. The maximum atomic E-state index is 12.5. The lowest BCUT2D eigenvalue weighted by atomic mass is 9.49. The molecule has 0 saturated heterocycles. The Hall–Kier alpha value is -1.75. The minimum absolute atomic E-state index is 0.0970. The summed E-state index contributed by atoms with van der Waals surface area (Å²) in [7, 11) is 0. The van der Waals surface area contributed by atoms with Crippen molar-refractivity contribution in [1.29, 1.82) is 0 Å². The molecule has 6 heteroatoms. The Morgan fingerprint density at radius 1 is 1.15 bits per heavy atom. The van der Waals surface area contributed by atoms with Gasteiger partial charge in [0.2, 0.25) is 5.91 Å². The Morgan fingerprint density at radius 2 is 1.78 bits per heavy atom. The fraction of sp³-hybridized carbons (Fsp3) is 0.619. The highest BCUT2D eigenvalue weighted by Crippen LogP contribution is 2.61. The summed E-state index contributed by atoms with van der Waals surface area (Å²) in [5.41, 5.74) is 5.25. The first-order chi connectivity index (χ1) is 12.9. The highest BCUT2D eigenvalue weighted by Gasteiger charge is 2.51. The smallest absolute Gasteiger partial charge is 0.279 e. The minimum atomic E-state index is -0.733. The minimum Gasteiger partial charge on any atom is -0.481 e. The van der Waals surface area contributed by atoms with Crippen LogP contribution in [0.4, 0.5) is 0 Å². The van der Waals surface area contributed by atoms with E-state index in [0.29, 0.717) is 17.2 Å². The van der Waals surface area contributed by atoms with Gasteiger partial charge in [0.15, 0.2) is 6.10 Å². The number of ether oxygens (including phenoxy) is 1. The SMILES string of the molecule is CC(Oc1cccc(Cl)c1)C(=O)NNC(=O)CC12CC3CC(CC(C3)C1)C2. The molecular formula is C21H27ClN2O3. The lowest BCUT2D eigenvalue weighted by Gasteiger charge is -2.56. The first kappa shape index (κ1) is 18.6. The molecular weight excluding hydrogens is 364 g/mol. The Morgan fingerprint density at radius 3 is 2.37 bits per heavy atom. The highest BCUT2D eigenvalue weighted by atomic mass is 35.5. The number of hydrogen-bond acceptors (Lipinski definition) is 3. The van der Waals surface area contributed by atoms with Crippen molar-refractivity contribution in [2.75, 3.05) is 0 Å². The molecule has 0 spiro atoms. The van der Waals surface area contributed by atoms with Gasteiger partial charge in [0, 0.05) is 11.4 Å². The first-order valence-electron chi connectivity index (χ1n) is 9.92. The Kier molecular flexibility index (Phi) is 5.06. The maximum Gasteiger partial charge on any atom is 0.279 e. The molecule has 4 saturated carbocycles. The largest absolute Gasteiger partial charge is 0.481 e. The third kappa shape index (κ3) is 4.23. The van der Waals surface area contributed by atoms with Crippen LogP contribution in [-0.2, 0) is 9.59 Å². The molecule has 1 aromatic rings. The van der Waals surface area contributed by atoms with Crippen LogP contribution in [0.15, 0.2) is 24.3 Å². The molecule has 1 unspecified atom stereocenters. The van der Waals surface area contributed by atoms with E-state index in [1.165, 1.54) is 38.5 Å². The van der Waals surface area contributed by atoms with Gasteiger partial charge in [0.1, 0.15) is 5.75 Å². The summed E-state index contributed by atoms with van der Waals surface area (Å²) in [6.45, 7) is 1.64. The van der Waals surface area contributed by atoms with E-state index in [1.807, 2.05) is 0 Å². The van der Waals surface area contributed by atoms with Crippen LogP contribution in [0.2, 0.25) is 5.02 Å². The predicted molar refractivity (Wildman–Crippen MR) is 103 cm³/mol. The molecule has 4 aliphatic carbocycles. The zero-order chi connectivity index (χ0) is 19.0. The van der Waals surface area contributed by atoms with E-state index in [9.17, 15) is 9.59 Å². The third-order valence-corrected chi connectivity index (χ3v) is 6.74. The quantitative estimate of drug-likeness (QED) is 0.750. The van der Waals surface area contributed by atoms with Crippen LogP contribution in [0, 0.1) is 23.2 Å². The van der Waals surface area contributed by atoms with Crippen molar-refractivity contribution in [3.05, 3.63) is 29.3 Å². The van der Waals surface area contributed by atoms with E-state index in [0.717, 1.165) is 17.8 Å². The molecule has 2 N–H and O–H groups in total. The summed E-state index contributed by atoms with van der Waals surface area (Å²) in [5.74, 6) is 2.47. The van der Waals surface area contributed by atoms with Gasteiger partial charge in [0.05, 0.1) is 0 Å². The summed E-state index contributed by atoms with van der Waals surface area (Å²) in [6.07, 6.45) is 7.38. The molecule has 1 aromatic carbocycles. The summed E-state index contributed by atoms with van der Waals surface area (Å²) < 4.78 is 5.58. The van der Waals surface area contributed by atoms with Gasteiger partial charge in [-0.2, -0.15) is 0 Å². The van der Waals surface area contributed by atoms with Crippen LogP contribution in [0.5, 0.6) is 5.75 Å². The van der Waals surface area contributed by atoms with Gasteiger partial charge in [-0.25, -0.2) is 0 Å². The fourth-order valence-corrected chi connectivity index (χ4v) is 6.10. The summed E-state index contributed by atoms with van der Waals surface area (Å²) in [5, 5.41) is 0.545. The number of carbonyl (C=O) groups is 2. The van der Waals surface area contributed by atoms with E-state index >= 15 is 0 Å². The average Bonchev–Trinajstić information content (AvgIpc) is 2.58. The Bertz CT molecular complexity index is 701. The van der Waals surface area contributed by atoms with E-state index < -0.39 is 6.10 Å². The van der Waals surface area contributed by atoms with Crippen molar-refractivity contribution in [2.24, 2.45) is 23.2 Å². The maximum absolute atomic E-state index is 12.5. The highest BCUT2D eigenvalue weighted by molar-refractivity contribution is 6.30. The number of amides is 2. The summed E-state index contributed by atoms with van der Waals surface area (Å²) in [6, 6.07) is 6.89. The van der Waals surface area contributed by atoms with Crippen LogP contribution >= 0.6 is 11.6 Å². The number of hydrazine groups is 1. The van der Waals surface area contributed by atoms with Gasteiger partial charge < -0.3 is 4.74 Å². The lowest BCUT2D eigenvalue weighted by molar-refractivity contribution is -0.136. The number of rotatable bonds is 5. The number of carbonyl (C=O) groups excluding carboxylic acids is 2. The fourth-order valence-electron chi connectivity index (χ4n) is 5.92. The molecule has 0 aromatic heterocycles. The van der Waals surface area contributed by atoms with Crippen LogP contribution in [-0.4, -0.2) is 17.9 Å². The van der Waals surface area contributed by atoms with E-state index in [4.69, 9.17) is 16.3 Å². The molecule has 4 fully saturated rings. The molecule has 2 amide bonds. The normalized spacial score (nSPS) is 32.0. The molecule has 27 heavy (non-hydrogen) atoms. The Labute approximate surface area is 165 Å². The van der Waals surface area contributed by atoms with Gasteiger partial charge in [-0.1, -0.05) is 17.7 Å². The van der Waals surface area contributed by atoms with Crippen LogP contribution < -0.4 is 15.6 Å². The number of hydrogen-bond donors (Lipinski definition) is 2. The van der Waals surface area contributed by atoms with Crippen LogP contribution in [0.25, 0.3) is 0 Å². The van der Waals surface area contributed by atoms with Gasteiger partial charge in [0.25, 0.3) is 5.91 Å². The molecule has 4 bridgehead atoms. The van der Waals surface area contributed by atoms with Gasteiger partial charge in [-0.15, -0.1) is 0 Å². The van der Waals surface area contributed by atoms with Crippen molar-refractivity contribution in [1.82, 2.24) is 10.9 Å². The van der Waals surface area contributed by atoms with Crippen LogP contribution in [0.3, 0.4) is 0 Å². The number of nitrogens with one attached hydrogen (secondary N) is 2. The van der Waals surface area contributed by atoms with Crippen molar-refractivity contribution < 1.29 is 14.3 Å². The monoisotopic (exact) mass is 390 g/mol. The molecule has 1 atom stereocenters. The van der Waals surface area contributed by atoms with E-state index in [1.54, 1.807) is 31.2 Å². The van der Waals surface area contributed by atoms with Gasteiger partial charge in [-0.05, 0) is 86.8 Å². The van der Waals surface area contributed by atoms with Crippen molar-refractivity contribution in [2.45, 2.75) is 58.0 Å². The molecule has 4 aliphatic rings.